The highest BCUT2D eigenvalue weighted by Crippen LogP contribution is 2.26. The van der Waals surface area contributed by atoms with Gasteiger partial charge in [0.05, 0.1) is 10.9 Å². The number of aromatic carboxylic acids is 1. The molecular weight excluding hydrogens is 304 g/mol. The number of halogens is 2. The standard InChI is InChI=1S/C17H11F2NO3/c1-9-13(17(22)23)14-11(18)7-8-12(19)15(14)16(21)20(9)10-5-3-2-4-6-10/h2-8H,1H3,(H,22,23). The minimum atomic E-state index is -1.43. The molecule has 0 atom stereocenters. The summed E-state index contributed by atoms with van der Waals surface area (Å²) in [5.74, 6) is -3.33. The highest BCUT2D eigenvalue weighted by atomic mass is 19.1. The van der Waals surface area contributed by atoms with Crippen molar-refractivity contribution in [3.8, 4) is 5.69 Å². The quantitative estimate of drug-likeness (QED) is 0.789. The van der Waals surface area contributed by atoms with E-state index in [9.17, 15) is 23.5 Å². The molecule has 0 aliphatic heterocycles. The summed E-state index contributed by atoms with van der Waals surface area (Å²) >= 11 is 0. The lowest BCUT2D eigenvalue weighted by Gasteiger charge is -2.15. The molecule has 0 bridgehead atoms. The second-order valence-electron chi connectivity index (χ2n) is 5.02. The van der Waals surface area contributed by atoms with Crippen LogP contribution in [-0.2, 0) is 0 Å². The SMILES string of the molecule is Cc1c(C(=O)O)c2c(F)ccc(F)c2c(=O)n1-c1ccccc1. The van der Waals surface area contributed by atoms with Crippen molar-refractivity contribution in [3.63, 3.8) is 0 Å². The van der Waals surface area contributed by atoms with Crippen LogP contribution in [0.1, 0.15) is 16.1 Å². The van der Waals surface area contributed by atoms with E-state index in [0.29, 0.717) is 5.69 Å². The lowest BCUT2D eigenvalue weighted by molar-refractivity contribution is 0.0697. The molecule has 2 aromatic carbocycles. The van der Waals surface area contributed by atoms with Gasteiger partial charge in [0.1, 0.15) is 11.6 Å². The normalized spacial score (nSPS) is 10.9. The summed E-state index contributed by atoms with van der Waals surface area (Å²) in [6.07, 6.45) is 0. The van der Waals surface area contributed by atoms with E-state index in [-0.39, 0.29) is 5.69 Å². The van der Waals surface area contributed by atoms with Crippen LogP contribution in [0.5, 0.6) is 0 Å². The topological polar surface area (TPSA) is 59.3 Å². The van der Waals surface area contributed by atoms with Crippen molar-refractivity contribution in [2.45, 2.75) is 6.92 Å². The first-order chi connectivity index (χ1) is 10.9. The first kappa shape index (κ1) is 14.9. The van der Waals surface area contributed by atoms with E-state index < -0.39 is 39.5 Å². The lowest BCUT2D eigenvalue weighted by Crippen LogP contribution is -2.25. The van der Waals surface area contributed by atoms with Gasteiger partial charge < -0.3 is 5.11 Å². The van der Waals surface area contributed by atoms with Gasteiger partial charge in [0.2, 0.25) is 0 Å². The highest BCUT2D eigenvalue weighted by molar-refractivity contribution is 6.04. The molecule has 1 aromatic heterocycles. The third-order valence-electron chi connectivity index (χ3n) is 3.70. The minimum absolute atomic E-state index is 0.0331. The van der Waals surface area contributed by atoms with Gasteiger partial charge in [-0.25, -0.2) is 13.6 Å². The number of aromatic nitrogens is 1. The van der Waals surface area contributed by atoms with Gasteiger partial charge in [-0.3, -0.25) is 9.36 Å². The number of hydrogen-bond acceptors (Lipinski definition) is 2. The fourth-order valence-corrected chi connectivity index (χ4v) is 2.71. The molecule has 0 fully saturated rings. The fraction of sp³-hybridized carbons (Fsp3) is 0.0588. The maximum atomic E-state index is 14.1. The number of carboxylic acid groups (broad SMARTS) is 1. The zero-order chi connectivity index (χ0) is 16.7. The van der Waals surface area contributed by atoms with Crippen LogP contribution in [-0.4, -0.2) is 15.6 Å². The van der Waals surface area contributed by atoms with E-state index in [2.05, 4.69) is 0 Å². The number of carbonyl (C=O) groups is 1. The zero-order valence-corrected chi connectivity index (χ0v) is 12.0. The van der Waals surface area contributed by atoms with Gasteiger partial charge in [-0.1, -0.05) is 18.2 Å². The van der Waals surface area contributed by atoms with Gasteiger partial charge in [-0.15, -0.1) is 0 Å². The molecule has 6 heteroatoms. The van der Waals surface area contributed by atoms with Crippen LogP contribution in [0, 0.1) is 18.6 Å². The maximum Gasteiger partial charge on any atom is 0.338 e. The Morgan fingerprint density at radius 3 is 2.13 bits per heavy atom. The molecule has 0 radical (unpaired) electrons. The van der Waals surface area contributed by atoms with E-state index in [4.69, 9.17) is 0 Å². The van der Waals surface area contributed by atoms with Crippen molar-refractivity contribution in [1.82, 2.24) is 4.57 Å². The monoisotopic (exact) mass is 315 g/mol. The van der Waals surface area contributed by atoms with Crippen molar-refractivity contribution in [3.05, 3.63) is 75.7 Å². The molecule has 1 N–H and O–H groups in total. The van der Waals surface area contributed by atoms with Crippen LogP contribution >= 0.6 is 0 Å². The number of hydrogen-bond donors (Lipinski definition) is 1. The maximum absolute atomic E-state index is 14.1. The Hall–Kier alpha value is -3.02. The van der Waals surface area contributed by atoms with Gasteiger partial charge >= 0.3 is 5.97 Å². The van der Waals surface area contributed by atoms with Crippen LogP contribution in [0.2, 0.25) is 0 Å². The molecule has 0 unspecified atom stereocenters. The Bertz CT molecular complexity index is 994. The summed E-state index contributed by atoms with van der Waals surface area (Å²) in [6.45, 7) is 1.39. The Morgan fingerprint density at radius 1 is 1.00 bits per heavy atom. The molecule has 3 rings (SSSR count). The summed E-state index contributed by atoms with van der Waals surface area (Å²) < 4.78 is 29.3. The minimum Gasteiger partial charge on any atom is -0.478 e. The number of benzene rings is 2. The Morgan fingerprint density at radius 2 is 1.57 bits per heavy atom. The van der Waals surface area contributed by atoms with Crippen molar-refractivity contribution in [2.75, 3.05) is 0 Å². The highest BCUT2D eigenvalue weighted by Gasteiger charge is 2.24. The molecule has 0 aliphatic rings. The summed E-state index contributed by atoms with van der Waals surface area (Å²) in [4.78, 5) is 24.3. The second kappa shape index (κ2) is 5.31. The van der Waals surface area contributed by atoms with Crippen LogP contribution in [0.4, 0.5) is 8.78 Å². The molecule has 0 saturated heterocycles. The second-order valence-corrected chi connectivity index (χ2v) is 5.02. The van der Waals surface area contributed by atoms with Gasteiger partial charge in [-0.05, 0) is 31.2 Å². The van der Waals surface area contributed by atoms with Crippen molar-refractivity contribution in [2.24, 2.45) is 0 Å². The summed E-state index contributed by atoms with van der Waals surface area (Å²) in [6, 6.07) is 9.85. The average molecular weight is 315 g/mol. The Kier molecular flexibility index (Phi) is 3.44. The third-order valence-corrected chi connectivity index (χ3v) is 3.70. The molecule has 116 valence electrons. The average Bonchev–Trinajstić information content (AvgIpc) is 2.51. The molecule has 4 nitrogen and oxygen atoms in total. The van der Waals surface area contributed by atoms with E-state index >= 15 is 0 Å². The Labute approximate surface area is 129 Å². The van der Waals surface area contributed by atoms with Crippen molar-refractivity contribution >= 4 is 16.7 Å². The van der Waals surface area contributed by atoms with E-state index in [0.717, 1.165) is 16.7 Å². The van der Waals surface area contributed by atoms with Crippen LogP contribution in [0.25, 0.3) is 16.5 Å². The number of fused-ring (bicyclic) bond motifs is 1. The first-order valence-corrected chi connectivity index (χ1v) is 6.75. The molecule has 0 saturated carbocycles. The van der Waals surface area contributed by atoms with E-state index in [1.54, 1.807) is 30.3 Å². The summed E-state index contributed by atoms with van der Waals surface area (Å²) in [5, 5.41) is 8.36. The number of carboxylic acids is 1. The molecule has 3 aromatic rings. The first-order valence-electron chi connectivity index (χ1n) is 6.75. The van der Waals surface area contributed by atoms with Gasteiger partial charge in [-0.2, -0.15) is 0 Å². The zero-order valence-electron chi connectivity index (χ0n) is 12.0. The molecule has 23 heavy (non-hydrogen) atoms. The van der Waals surface area contributed by atoms with Gasteiger partial charge in [0.15, 0.2) is 0 Å². The smallest absolute Gasteiger partial charge is 0.338 e. The van der Waals surface area contributed by atoms with Gasteiger partial charge in [0, 0.05) is 16.8 Å². The number of pyridine rings is 1. The van der Waals surface area contributed by atoms with E-state index in [1.807, 2.05) is 0 Å². The van der Waals surface area contributed by atoms with Crippen LogP contribution in [0.3, 0.4) is 0 Å². The van der Waals surface area contributed by atoms with Crippen LogP contribution < -0.4 is 5.56 Å². The summed E-state index contributed by atoms with van der Waals surface area (Å²) in [5.41, 5.74) is -0.820. The predicted octanol–water partition coefficient (Wildman–Crippen LogP) is 3.28. The molecule has 0 amide bonds. The Balaban J connectivity index is 2.62. The molecule has 0 spiro atoms. The van der Waals surface area contributed by atoms with Crippen molar-refractivity contribution < 1.29 is 18.7 Å². The fourth-order valence-electron chi connectivity index (χ4n) is 2.71. The third kappa shape index (κ3) is 2.19. The molecule has 0 aliphatic carbocycles. The largest absolute Gasteiger partial charge is 0.478 e. The number of rotatable bonds is 2. The van der Waals surface area contributed by atoms with Crippen LogP contribution in [0.15, 0.2) is 47.3 Å². The van der Waals surface area contributed by atoms with Crippen molar-refractivity contribution in [1.29, 1.82) is 0 Å². The molecular formula is C17H11F2NO3. The lowest BCUT2D eigenvalue weighted by atomic mass is 10.0. The summed E-state index contributed by atoms with van der Waals surface area (Å²) in [7, 11) is 0. The molecule has 1 heterocycles. The predicted molar refractivity (Wildman–Crippen MR) is 81.2 cm³/mol. The number of para-hydroxylation sites is 1. The van der Waals surface area contributed by atoms with Gasteiger partial charge in [0.25, 0.3) is 5.56 Å². The van der Waals surface area contributed by atoms with E-state index in [1.165, 1.54) is 6.92 Å². The number of nitrogens with zero attached hydrogens (tertiary/aromatic N) is 1.